The molecule has 3 aromatic rings. The molecule has 7 heteroatoms. The number of benzene rings is 2. The van der Waals surface area contributed by atoms with Crippen molar-refractivity contribution in [2.45, 2.75) is 26.7 Å². The summed E-state index contributed by atoms with van der Waals surface area (Å²) in [7, 11) is 0. The molecule has 0 spiro atoms. The summed E-state index contributed by atoms with van der Waals surface area (Å²) in [6.07, 6.45) is 1.13. The lowest BCUT2D eigenvalue weighted by atomic mass is 9.90. The van der Waals surface area contributed by atoms with Gasteiger partial charge in [0.1, 0.15) is 5.82 Å². The fraction of sp³-hybridized carbons (Fsp3) is 0.273. The van der Waals surface area contributed by atoms with Crippen molar-refractivity contribution in [2.24, 2.45) is 0 Å². The highest BCUT2D eigenvalue weighted by atomic mass is 35.5. The molecule has 0 N–H and O–H groups in total. The number of aryl methyl sites for hydroxylation is 2. The topological polar surface area (TPSA) is 47.4 Å². The Morgan fingerprint density at radius 1 is 1.21 bits per heavy atom. The van der Waals surface area contributed by atoms with E-state index in [1.54, 1.807) is 15.6 Å². The van der Waals surface area contributed by atoms with Crippen LogP contribution < -0.4 is 4.74 Å². The molecular formula is C22H21ClFN3O2. The standard InChI is InChI=1S/C22H21ClFN3O2/c1-3-26(4-2)22(28)29-21-20-16-8-6-5-7-14(16)9-12-19(20)25-27(21)15-10-11-18(24)17(23)13-15/h5-8,10-11,13H,3-4,9,12H2,1-2H3. The number of ether oxygens (including phenoxy) is 1. The lowest BCUT2D eigenvalue weighted by molar-refractivity contribution is 0.154. The molecule has 1 amide bonds. The largest absolute Gasteiger partial charge is 0.416 e. The molecule has 0 saturated carbocycles. The van der Waals surface area contributed by atoms with Gasteiger partial charge in [-0.05, 0) is 56.0 Å². The smallest absolute Gasteiger partial charge is 0.390 e. The predicted octanol–water partition coefficient (Wildman–Crippen LogP) is 5.27. The molecule has 0 bridgehead atoms. The Morgan fingerprint density at radius 2 is 1.97 bits per heavy atom. The minimum atomic E-state index is -0.514. The first kappa shape index (κ1) is 19.5. The van der Waals surface area contributed by atoms with Gasteiger partial charge in [0, 0.05) is 13.1 Å². The molecule has 0 unspecified atom stereocenters. The Bertz CT molecular complexity index is 1080. The monoisotopic (exact) mass is 413 g/mol. The second-order valence-electron chi connectivity index (χ2n) is 6.83. The molecule has 4 rings (SSSR count). The van der Waals surface area contributed by atoms with Crippen LogP contribution in [0.5, 0.6) is 5.88 Å². The molecule has 150 valence electrons. The van der Waals surface area contributed by atoms with Gasteiger partial charge in [-0.3, -0.25) is 0 Å². The van der Waals surface area contributed by atoms with E-state index in [1.807, 2.05) is 32.0 Å². The highest BCUT2D eigenvalue weighted by Gasteiger charge is 2.29. The van der Waals surface area contributed by atoms with Crippen LogP contribution in [-0.4, -0.2) is 33.9 Å². The van der Waals surface area contributed by atoms with Crippen LogP contribution in [-0.2, 0) is 12.8 Å². The Kier molecular flexibility index (Phi) is 5.28. The second kappa shape index (κ2) is 7.87. The third kappa shape index (κ3) is 3.49. The molecule has 1 aromatic heterocycles. The summed E-state index contributed by atoms with van der Waals surface area (Å²) in [5.74, 6) is -0.189. The Balaban J connectivity index is 1.89. The highest BCUT2D eigenvalue weighted by Crippen LogP contribution is 2.41. The fourth-order valence-corrected chi connectivity index (χ4v) is 3.82. The number of fused-ring (bicyclic) bond motifs is 3. The van der Waals surface area contributed by atoms with Crippen molar-refractivity contribution in [3.8, 4) is 22.7 Å². The third-order valence-corrected chi connectivity index (χ3v) is 5.48. The first-order valence-electron chi connectivity index (χ1n) is 9.65. The van der Waals surface area contributed by atoms with E-state index in [0.29, 0.717) is 24.7 Å². The maximum absolute atomic E-state index is 13.7. The average Bonchev–Trinajstić information content (AvgIpc) is 3.10. The molecule has 0 fully saturated rings. The van der Waals surface area contributed by atoms with Crippen LogP contribution in [0.2, 0.25) is 5.02 Å². The summed E-state index contributed by atoms with van der Waals surface area (Å²) >= 11 is 5.99. The normalized spacial score (nSPS) is 12.3. The lowest BCUT2D eigenvalue weighted by Crippen LogP contribution is -2.33. The molecule has 0 radical (unpaired) electrons. The quantitative estimate of drug-likeness (QED) is 0.585. The SMILES string of the molecule is CCN(CC)C(=O)Oc1c2c(nn1-c1ccc(F)c(Cl)c1)CCc1ccccc1-2. The fourth-order valence-electron chi connectivity index (χ4n) is 3.64. The van der Waals surface area contributed by atoms with Crippen molar-refractivity contribution in [3.63, 3.8) is 0 Å². The van der Waals surface area contributed by atoms with Gasteiger partial charge < -0.3 is 9.64 Å². The van der Waals surface area contributed by atoms with Gasteiger partial charge in [0.2, 0.25) is 5.88 Å². The van der Waals surface area contributed by atoms with Gasteiger partial charge in [0.15, 0.2) is 0 Å². The Hall–Kier alpha value is -2.86. The zero-order valence-electron chi connectivity index (χ0n) is 16.3. The van der Waals surface area contributed by atoms with Crippen LogP contribution in [0.3, 0.4) is 0 Å². The number of aromatic nitrogens is 2. The molecule has 1 aliphatic carbocycles. The second-order valence-corrected chi connectivity index (χ2v) is 7.24. The predicted molar refractivity (Wildman–Crippen MR) is 110 cm³/mol. The van der Waals surface area contributed by atoms with Crippen molar-refractivity contribution < 1.29 is 13.9 Å². The zero-order valence-corrected chi connectivity index (χ0v) is 17.0. The third-order valence-electron chi connectivity index (χ3n) is 5.19. The number of carbonyl (C=O) groups is 1. The van der Waals surface area contributed by atoms with Crippen molar-refractivity contribution in [1.82, 2.24) is 14.7 Å². The highest BCUT2D eigenvalue weighted by molar-refractivity contribution is 6.30. The van der Waals surface area contributed by atoms with Crippen molar-refractivity contribution in [1.29, 1.82) is 0 Å². The van der Waals surface area contributed by atoms with E-state index in [1.165, 1.54) is 17.7 Å². The van der Waals surface area contributed by atoms with E-state index in [-0.39, 0.29) is 5.02 Å². The van der Waals surface area contributed by atoms with Gasteiger partial charge in [0.25, 0.3) is 0 Å². The van der Waals surface area contributed by atoms with Gasteiger partial charge in [0.05, 0.1) is 22.0 Å². The Morgan fingerprint density at radius 3 is 2.69 bits per heavy atom. The molecule has 0 saturated heterocycles. The summed E-state index contributed by atoms with van der Waals surface area (Å²) in [5.41, 5.74) is 4.34. The van der Waals surface area contributed by atoms with Crippen LogP contribution in [0, 0.1) is 5.82 Å². The van der Waals surface area contributed by atoms with E-state index in [9.17, 15) is 9.18 Å². The maximum Gasteiger partial charge on any atom is 0.416 e. The molecule has 1 heterocycles. The van der Waals surface area contributed by atoms with Gasteiger partial charge in [-0.1, -0.05) is 35.9 Å². The molecule has 1 aliphatic rings. The zero-order chi connectivity index (χ0) is 20.5. The average molecular weight is 414 g/mol. The molecular weight excluding hydrogens is 393 g/mol. The van der Waals surface area contributed by atoms with Crippen LogP contribution in [0.1, 0.15) is 25.1 Å². The molecule has 2 aromatic carbocycles. The minimum Gasteiger partial charge on any atom is -0.390 e. The number of nitrogens with zero attached hydrogens (tertiary/aromatic N) is 3. The Labute approximate surface area is 173 Å². The van der Waals surface area contributed by atoms with Gasteiger partial charge in [-0.15, -0.1) is 0 Å². The number of amides is 1. The van der Waals surface area contributed by atoms with Gasteiger partial charge in [-0.2, -0.15) is 9.78 Å². The van der Waals surface area contributed by atoms with Crippen LogP contribution in [0.25, 0.3) is 16.8 Å². The van der Waals surface area contributed by atoms with Crippen LogP contribution >= 0.6 is 11.6 Å². The molecule has 5 nitrogen and oxygen atoms in total. The lowest BCUT2D eigenvalue weighted by Gasteiger charge is -2.20. The van der Waals surface area contributed by atoms with Crippen LogP contribution in [0.4, 0.5) is 9.18 Å². The van der Waals surface area contributed by atoms with Crippen molar-refractivity contribution >= 4 is 17.7 Å². The molecule has 29 heavy (non-hydrogen) atoms. The molecule has 0 atom stereocenters. The van der Waals surface area contributed by atoms with Gasteiger partial charge >= 0.3 is 6.09 Å². The number of rotatable bonds is 4. The number of halogens is 2. The number of hydrogen-bond donors (Lipinski definition) is 0. The van der Waals surface area contributed by atoms with E-state index in [4.69, 9.17) is 21.4 Å². The maximum atomic E-state index is 13.7. The van der Waals surface area contributed by atoms with Gasteiger partial charge in [-0.25, -0.2) is 9.18 Å². The van der Waals surface area contributed by atoms with Crippen molar-refractivity contribution in [3.05, 3.63) is 64.6 Å². The molecule has 0 aliphatic heterocycles. The van der Waals surface area contributed by atoms with E-state index in [0.717, 1.165) is 29.7 Å². The minimum absolute atomic E-state index is 0.0163. The van der Waals surface area contributed by atoms with E-state index < -0.39 is 11.9 Å². The number of carbonyl (C=O) groups excluding carboxylic acids is 1. The number of hydrogen-bond acceptors (Lipinski definition) is 3. The van der Waals surface area contributed by atoms with Crippen LogP contribution in [0.15, 0.2) is 42.5 Å². The van der Waals surface area contributed by atoms with E-state index in [2.05, 4.69) is 6.07 Å². The first-order valence-corrected chi connectivity index (χ1v) is 10.0. The summed E-state index contributed by atoms with van der Waals surface area (Å²) < 4.78 is 21.1. The summed E-state index contributed by atoms with van der Waals surface area (Å²) in [4.78, 5) is 14.3. The van der Waals surface area contributed by atoms with Crippen molar-refractivity contribution in [2.75, 3.05) is 13.1 Å². The summed E-state index contributed by atoms with van der Waals surface area (Å²) in [5, 5.41) is 4.68. The summed E-state index contributed by atoms with van der Waals surface area (Å²) in [6, 6.07) is 12.4. The summed E-state index contributed by atoms with van der Waals surface area (Å²) in [6.45, 7) is 4.86. The first-order chi connectivity index (χ1) is 14.0. The van der Waals surface area contributed by atoms with E-state index >= 15 is 0 Å².